The van der Waals surface area contributed by atoms with Gasteiger partial charge in [0.05, 0.1) is 43.6 Å². The van der Waals surface area contributed by atoms with Crippen molar-refractivity contribution in [3.63, 3.8) is 0 Å². The number of hydrogen-bond donors (Lipinski definition) is 5. The highest BCUT2D eigenvalue weighted by Crippen LogP contribution is 2.28. The molecule has 3 atom stereocenters. The van der Waals surface area contributed by atoms with Crippen LogP contribution in [0.3, 0.4) is 0 Å². The largest absolute Gasteiger partial charge is 0.480 e. The van der Waals surface area contributed by atoms with E-state index in [9.17, 15) is 49.5 Å². The van der Waals surface area contributed by atoms with Gasteiger partial charge in [-0.3, -0.25) is 38.7 Å². The minimum Gasteiger partial charge on any atom is -0.480 e. The Morgan fingerprint density at radius 1 is 0.762 bits per heavy atom. The van der Waals surface area contributed by atoms with Crippen LogP contribution in [0.2, 0.25) is 0 Å². The van der Waals surface area contributed by atoms with Crippen LogP contribution in [0, 0.1) is 0 Å². The van der Waals surface area contributed by atoms with Gasteiger partial charge >= 0.3 is 29.8 Å². The van der Waals surface area contributed by atoms with Crippen molar-refractivity contribution in [1.29, 1.82) is 0 Å². The fourth-order valence-electron chi connectivity index (χ4n) is 5.52. The van der Waals surface area contributed by atoms with Gasteiger partial charge in [-0.15, -0.1) is 0 Å². The second-order valence-electron chi connectivity index (χ2n) is 10.2. The number of aliphatic imine (C=N–C) groups is 1. The second kappa shape index (κ2) is 17.3. The number of carboxylic acid groups (broad SMARTS) is 5. The molecule has 1 aromatic carbocycles. The molecule has 1 unspecified atom stereocenters. The van der Waals surface area contributed by atoms with Crippen LogP contribution < -0.4 is 0 Å². The molecule has 2 rings (SSSR count). The van der Waals surface area contributed by atoms with E-state index in [1.54, 1.807) is 29.2 Å². The molecule has 15 heteroatoms. The van der Waals surface area contributed by atoms with Crippen LogP contribution in [0.25, 0.3) is 0 Å². The van der Waals surface area contributed by atoms with Gasteiger partial charge in [0.15, 0.2) is 0 Å². The molecule has 42 heavy (non-hydrogen) atoms. The van der Waals surface area contributed by atoms with E-state index in [-0.39, 0.29) is 13.0 Å². The summed E-state index contributed by atoms with van der Waals surface area (Å²) in [6.45, 7) is -2.81. The fourth-order valence-corrected chi connectivity index (χ4v) is 5.62. The van der Waals surface area contributed by atoms with Crippen molar-refractivity contribution in [1.82, 2.24) is 14.7 Å². The van der Waals surface area contributed by atoms with Crippen LogP contribution in [0.1, 0.15) is 37.7 Å². The number of aryl methyl sites for hydroxylation is 1. The highest BCUT2D eigenvalue weighted by atomic mass is 32.1. The van der Waals surface area contributed by atoms with Gasteiger partial charge in [0, 0.05) is 24.7 Å². The number of isothiocyanates is 1. The molecule has 230 valence electrons. The molecule has 0 aromatic heterocycles. The lowest BCUT2D eigenvalue weighted by Crippen LogP contribution is -2.59. The number of hydrogen-bond acceptors (Lipinski definition) is 10. The summed E-state index contributed by atoms with van der Waals surface area (Å²) in [7, 11) is 0. The first-order valence-electron chi connectivity index (χ1n) is 13.4. The zero-order valence-corrected chi connectivity index (χ0v) is 23.8. The standard InChI is InChI=1S/C27H36N4O10S/c32-23(33)12-29(13-24(34)35)20(10-7-18-5-8-19(9-6-18)28-17-42)11-30(14-25(36)37)21-3-1-2-4-22(21)31(15-26(38)39)16-27(40)41/h5-6,8-9,20-22H,1-4,7,10-16H2,(H,32,33)(H,34,35)(H,36,37)(H,38,39)(H,40,41)/t20?,21-,22-/m0/s1. The van der Waals surface area contributed by atoms with Crippen molar-refractivity contribution in [2.75, 3.05) is 39.3 Å². The maximum atomic E-state index is 12.0. The van der Waals surface area contributed by atoms with Gasteiger partial charge in [-0.05, 0) is 55.6 Å². The number of aliphatic carboxylic acids is 5. The second-order valence-corrected chi connectivity index (χ2v) is 10.4. The Morgan fingerprint density at radius 3 is 1.67 bits per heavy atom. The first-order valence-corrected chi connectivity index (χ1v) is 13.8. The molecule has 0 spiro atoms. The Morgan fingerprint density at radius 2 is 1.21 bits per heavy atom. The molecule has 1 aromatic rings. The number of thiocarbonyl (C=S) groups is 1. The number of benzene rings is 1. The first kappa shape index (κ1) is 34.5. The van der Waals surface area contributed by atoms with Crippen LogP contribution in [0.5, 0.6) is 0 Å². The normalized spacial score (nSPS) is 17.5. The van der Waals surface area contributed by atoms with Crippen LogP contribution in [0.4, 0.5) is 5.69 Å². The van der Waals surface area contributed by atoms with E-state index in [0.29, 0.717) is 37.8 Å². The minimum atomic E-state index is -1.25. The average Bonchev–Trinajstić information content (AvgIpc) is 2.89. The monoisotopic (exact) mass is 608 g/mol. The highest BCUT2D eigenvalue weighted by molar-refractivity contribution is 7.78. The van der Waals surface area contributed by atoms with E-state index in [0.717, 1.165) is 5.56 Å². The van der Waals surface area contributed by atoms with Gasteiger partial charge in [-0.25, -0.2) is 0 Å². The minimum absolute atomic E-state index is 0.0324. The lowest BCUT2D eigenvalue weighted by Gasteiger charge is -2.45. The quantitative estimate of drug-likeness (QED) is 0.111. The van der Waals surface area contributed by atoms with Crippen molar-refractivity contribution < 1.29 is 49.5 Å². The van der Waals surface area contributed by atoms with Gasteiger partial charge in [0.1, 0.15) is 0 Å². The van der Waals surface area contributed by atoms with Crippen LogP contribution in [0.15, 0.2) is 29.3 Å². The predicted octanol–water partition coefficient (Wildman–Crippen LogP) is 1.36. The van der Waals surface area contributed by atoms with Gasteiger partial charge in [0.2, 0.25) is 0 Å². The van der Waals surface area contributed by atoms with Gasteiger partial charge in [0.25, 0.3) is 0 Å². The molecule has 0 radical (unpaired) electrons. The zero-order chi connectivity index (χ0) is 31.2. The van der Waals surface area contributed by atoms with E-state index in [1.807, 2.05) is 0 Å². The molecule has 0 bridgehead atoms. The third-order valence-corrected chi connectivity index (χ3v) is 7.25. The molecule has 5 N–H and O–H groups in total. The van der Waals surface area contributed by atoms with Crippen molar-refractivity contribution in [2.24, 2.45) is 4.99 Å². The highest BCUT2D eigenvalue weighted by Gasteiger charge is 2.38. The Kier molecular flexibility index (Phi) is 14.2. The maximum Gasteiger partial charge on any atom is 0.317 e. The third kappa shape index (κ3) is 12.0. The predicted molar refractivity (Wildman–Crippen MR) is 152 cm³/mol. The third-order valence-electron chi connectivity index (χ3n) is 7.16. The Hall–Kier alpha value is -3.75. The Balaban J connectivity index is 2.45. The molecule has 1 saturated carbocycles. The van der Waals surface area contributed by atoms with E-state index in [2.05, 4.69) is 22.4 Å². The topological polar surface area (TPSA) is 209 Å². The van der Waals surface area contributed by atoms with E-state index < -0.39 is 80.7 Å². The van der Waals surface area contributed by atoms with Crippen molar-refractivity contribution >= 4 is 52.9 Å². The fraction of sp³-hybridized carbons (Fsp3) is 0.556. The lowest BCUT2D eigenvalue weighted by molar-refractivity contribution is -0.146. The maximum absolute atomic E-state index is 12.0. The molecule has 0 heterocycles. The van der Waals surface area contributed by atoms with Crippen molar-refractivity contribution in [3.05, 3.63) is 29.8 Å². The smallest absolute Gasteiger partial charge is 0.317 e. The van der Waals surface area contributed by atoms with Gasteiger partial charge < -0.3 is 25.5 Å². The molecule has 1 aliphatic carbocycles. The molecule has 14 nitrogen and oxygen atoms in total. The summed E-state index contributed by atoms with van der Waals surface area (Å²) >= 11 is 4.61. The summed E-state index contributed by atoms with van der Waals surface area (Å²) < 4.78 is 0. The molecular weight excluding hydrogens is 572 g/mol. The summed E-state index contributed by atoms with van der Waals surface area (Å²) in [4.78, 5) is 66.6. The van der Waals surface area contributed by atoms with E-state index in [4.69, 9.17) is 0 Å². The Labute approximate surface area is 247 Å². The van der Waals surface area contributed by atoms with Crippen LogP contribution in [-0.2, 0) is 30.4 Å². The first-order chi connectivity index (χ1) is 19.9. The molecular formula is C27H36N4O10S. The number of carboxylic acids is 5. The number of carbonyl (C=O) groups is 5. The molecule has 0 amide bonds. The van der Waals surface area contributed by atoms with E-state index >= 15 is 0 Å². The molecule has 1 aliphatic rings. The van der Waals surface area contributed by atoms with Gasteiger partial charge in [-0.1, -0.05) is 25.0 Å². The summed E-state index contributed by atoms with van der Waals surface area (Å²) in [5.41, 5.74) is 1.44. The van der Waals surface area contributed by atoms with Crippen molar-refractivity contribution in [2.45, 2.75) is 56.7 Å². The van der Waals surface area contributed by atoms with Crippen molar-refractivity contribution in [3.8, 4) is 0 Å². The van der Waals surface area contributed by atoms with Crippen LogP contribution >= 0.6 is 12.2 Å². The number of nitrogens with zero attached hydrogens (tertiary/aromatic N) is 4. The van der Waals surface area contributed by atoms with E-state index in [1.165, 1.54) is 9.80 Å². The summed E-state index contributed by atoms with van der Waals surface area (Å²) in [6, 6.07) is 5.17. The van der Waals surface area contributed by atoms with Gasteiger partial charge in [-0.2, -0.15) is 4.99 Å². The Bertz CT molecular complexity index is 1130. The number of rotatable bonds is 19. The SMILES string of the molecule is O=C(O)CN(CC(=O)O)C(CCc1ccc(N=C=S)cc1)CN(CC(=O)O)[C@H]1CCCC[C@@H]1N(CC(=O)O)CC(=O)O. The summed E-state index contributed by atoms with van der Waals surface area (Å²) in [5.74, 6) is -6.13. The lowest BCUT2D eigenvalue weighted by atomic mass is 9.87. The van der Waals surface area contributed by atoms with Crippen LogP contribution in [-0.4, -0.2) is 133 Å². The zero-order valence-electron chi connectivity index (χ0n) is 23.0. The molecule has 0 saturated heterocycles. The average molecular weight is 609 g/mol. The summed E-state index contributed by atoms with van der Waals surface area (Å²) in [5, 5.41) is 50.0. The molecule has 0 aliphatic heterocycles. The summed E-state index contributed by atoms with van der Waals surface area (Å²) in [6.07, 6.45) is 2.96. The molecule has 1 fully saturated rings.